The lowest BCUT2D eigenvalue weighted by Crippen LogP contribution is -2.35. The Hall–Kier alpha value is -1.89. The Kier molecular flexibility index (Phi) is 4.73. The molecule has 7 heteroatoms. The minimum Gasteiger partial charge on any atom is -0.348 e. The zero-order chi connectivity index (χ0) is 14.5. The molecular formula is C13H21N5O2. The number of nitrogens with zero attached hydrogens (tertiary/aromatic N) is 3. The monoisotopic (exact) mass is 279 g/mol. The Balaban J connectivity index is 2.43. The maximum atomic E-state index is 11.2. The van der Waals surface area contributed by atoms with E-state index in [0.29, 0.717) is 17.7 Å². The van der Waals surface area contributed by atoms with E-state index < -0.39 is 0 Å². The van der Waals surface area contributed by atoms with E-state index in [4.69, 9.17) is 5.84 Å². The molecule has 110 valence electrons. The van der Waals surface area contributed by atoms with Crippen molar-refractivity contribution in [2.24, 2.45) is 5.84 Å². The van der Waals surface area contributed by atoms with E-state index >= 15 is 0 Å². The first kappa shape index (κ1) is 14.5. The summed E-state index contributed by atoms with van der Waals surface area (Å²) in [6.45, 7) is 2.92. The van der Waals surface area contributed by atoms with Gasteiger partial charge in [-0.05, 0) is 25.3 Å². The summed E-state index contributed by atoms with van der Waals surface area (Å²) in [6, 6.07) is 3.30. The van der Waals surface area contributed by atoms with Gasteiger partial charge in [0, 0.05) is 18.7 Å². The summed E-state index contributed by atoms with van der Waals surface area (Å²) in [7, 11) is 0. The molecule has 2 heterocycles. The van der Waals surface area contributed by atoms with E-state index in [1.54, 1.807) is 0 Å². The van der Waals surface area contributed by atoms with Crippen LogP contribution in [0.5, 0.6) is 0 Å². The number of hydrogen-bond donors (Lipinski definition) is 2. The predicted octanol–water partition coefficient (Wildman–Crippen LogP) is 2.43. The number of nitrogens with one attached hydrogen (secondary N) is 1. The van der Waals surface area contributed by atoms with Crippen LogP contribution in [0.3, 0.4) is 0 Å². The number of hydrazine groups is 1. The van der Waals surface area contributed by atoms with Gasteiger partial charge in [-0.3, -0.25) is 10.1 Å². The third kappa shape index (κ3) is 2.98. The quantitative estimate of drug-likeness (QED) is 0.499. The minimum absolute atomic E-state index is 0.0457. The molecule has 1 aromatic rings. The summed E-state index contributed by atoms with van der Waals surface area (Å²) in [5.41, 5.74) is 2.51. The molecule has 0 saturated carbocycles. The molecule has 0 bridgehead atoms. The molecule has 3 N–H and O–H groups in total. The Morgan fingerprint density at radius 1 is 1.50 bits per heavy atom. The van der Waals surface area contributed by atoms with Gasteiger partial charge in [0.15, 0.2) is 0 Å². The van der Waals surface area contributed by atoms with Crippen molar-refractivity contribution in [1.29, 1.82) is 0 Å². The molecule has 1 saturated heterocycles. The van der Waals surface area contributed by atoms with E-state index in [2.05, 4.69) is 22.2 Å². The number of nitrogens with two attached hydrogens (primary N) is 1. The highest BCUT2D eigenvalue weighted by atomic mass is 16.6. The lowest BCUT2D eigenvalue weighted by molar-refractivity contribution is -0.384. The van der Waals surface area contributed by atoms with Crippen LogP contribution < -0.4 is 16.2 Å². The van der Waals surface area contributed by atoms with E-state index in [1.165, 1.54) is 12.1 Å². The molecule has 1 fully saturated rings. The van der Waals surface area contributed by atoms with E-state index in [1.807, 2.05) is 0 Å². The predicted molar refractivity (Wildman–Crippen MR) is 78.6 cm³/mol. The average Bonchev–Trinajstić information content (AvgIpc) is 2.71. The van der Waals surface area contributed by atoms with Crippen molar-refractivity contribution >= 4 is 17.3 Å². The van der Waals surface area contributed by atoms with Crippen LogP contribution in [0.1, 0.15) is 39.0 Å². The van der Waals surface area contributed by atoms with Crippen LogP contribution in [0.15, 0.2) is 12.1 Å². The fourth-order valence-electron chi connectivity index (χ4n) is 2.76. The Morgan fingerprint density at radius 3 is 2.95 bits per heavy atom. The summed E-state index contributed by atoms with van der Waals surface area (Å²) in [5, 5.41) is 11.2. The van der Waals surface area contributed by atoms with Crippen molar-refractivity contribution in [2.45, 2.75) is 45.1 Å². The molecule has 2 rings (SSSR count). The number of nitro groups is 1. The van der Waals surface area contributed by atoms with Gasteiger partial charge in [0.25, 0.3) is 0 Å². The molecule has 1 atom stereocenters. The second kappa shape index (κ2) is 6.51. The molecule has 1 aliphatic rings. The number of hydrogen-bond acceptors (Lipinski definition) is 6. The zero-order valence-electron chi connectivity index (χ0n) is 11.7. The van der Waals surface area contributed by atoms with Gasteiger partial charge in [-0.2, -0.15) is 0 Å². The summed E-state index contributed by atoms with van der Waals surface area (Å²) in [6.07, 6.45) is 5.37. The van der Waals surface area contributed by atoms with Crippen LogP contribution >= 0.6 is 0 Å². The molecule has 1 unspecified atom stereocenters. The standard InChI is InChI=1S/C13H21N5O2/c1-2-10-6-4-3-5-9-17(10)13-11(18(19)20)7-8-12(15-13)16-14/h7-8,10H,2-6,9,14H2,1H3,(H,15,16). The molecule has 1 aliphatic heterocycles. The van der Waals surface area contributed by atoms with Crippen molar-refractivity contribution in [3.05, 3.63) is 22.2 Å². The topological polar surface area (TPSA) is 97.3 Å². The Labute approximate surface area is 118 Å². The van der Waals surface area contributed by atoms with Gasteiger partial charge in [-0.25, -0.2) is 10.8 Å². The maximum absolute atomic E-state index is 11.2. The van der Waals surface area contributed by atoms with Gasteiger partial charge < -0.3 is 10.3 Å². The van der Waals surface area contributed by atoms with Gasteiger partial charge in [-0.15, -0.1) is 0 Å². The first-order chi connectivity index (χ1) is 9.67. The van der Waals surface area contributed by atoms with Crippen molar-refractivity contribution in [3.8, 4) is 0 Å². The van der Waals surface area contributed by atoms with Crippen LogP contribution in [-0.2, 0) is 0 Å². The van der Waals surface area contributed by atoms with E-state index in [9.17, 15) is 10.1 Å². The Morgan fingerprint density at radius 2 is 2.30 bits per heavy atom. The van der Waals surface area contributed by atoms with Crippen LogP contribution in [0.4, 0.5) is 17.3 Å². The number of anilines is 2. The van der Waals surface area contributed by atoms with Gasteiger partial charge in [0.1, 0.15) is 5.82 Å². The van der Waals surface area contributed by atoms with Crippen molar-refractivity contribution in [1.82, 2.24) is 4.98 Å². The molecule has 0 amide bonds. The largest absolute Gasteiger partial charge is 0.348 e. The van der Waals surface area contributed by atoms with Gasteiger partial charge in [0.2, 0.25) is 5.82 Å². The molecule has 0 radical (unpaired) electrons. The van der Waals surface area contributed by atoms with E-state index in [-0.39, 0.29) is 10.6 Å². The van der Waals surface area contributed by atoms with Crippen LogP contribution in [-0.4, -0.2) is 22.5 Å². The third-order valence-electron chi connectivity index (χ3n) is 3.82. The lowest BCUT2D eigenvalue weighted by Gasteiger charge is -2.30. The first-order valence-electron chi connectivity index (χ1n) is 7.06. The summed E-state index contributed by atoms with van der Waals surface area (Å²) >= 11 is 0. The number of pyridine rings is 1. The van der Waals surface area contributed by atoms with Crippen molar-refractivity contribution < 1.29 is 4.92 Å². The molecule has 0 spiro atoms. The SMILES string of the molecule is CCC1CCCCCN1c1nc(NN)ccc1[N+](=O)[O-]. The van der Waals surface area contributed by atoms with Crippen LogP contribution in [0.2, 0.25) is 0 Å². The second-order valence-electron chi connectivity index (χ2n) is 5.05. The second-order valence-corrected chi connectivity index (χ2v) is 5.05. The molecule has 0 aliphatic carbocycles. The van der Waals surface area contributed by atoms with Gasteiger partial charge >= 0.3 is 5.69 Å². The molecule has 0 aromatic carbocycles. The molecule has 7 nitrogen and oxygen atoms in total. The molecular weight excluding hydrogens is 258 g/mol. The van der Waals surface area contributed by atoms with Crippen LogP contribution in [0.25, 0.3) is 0 Å². The highest BCUT2D eigenvalue weighted by Crippen LogP contribution is 2.32. The average molecular weight is 279 g/mol. The maximum Gasteiger partial charge on any atom is 0.311 e. The van der Waals surface area contributed by atoms with Crippen molar-refractivity contribution in [3.63, 3.8) is 0 Å². The summed E-state index contributed by atoms with van der Waals surface area (Å²) < 4.78 is 0. The van der Waals surface area contributed by atoms with Gasteiger partial charge in [-0.1, -0.05) is 19.8 Å². The van der Waals surface area contributed by atoms with Crippen molar-refractivity contribution in [2.75, 3.05) is 16.9 Å². The summed E-state index contributed by atoms with van der Waals surface area (Å²) in [4.78, 5) is 17.3. The van der Waals surface area contributed by atoms with Gasteiger partial charge in [0.05, 0.1) is 4.92 Å². The Bertz CT molecular complexity index is 480. The summed E-state index contributed by atoms with van der Waals surface area (Å²) in [5.74, 6) is 6.25. The number of aromatic nitrogens is 1. The lowest BCUT2D eigenvalue weighted by atomic mass is 10.1. The highest BCUT2D eigenvalue weighted by Gasteiger charge is 2.27. The minimum atomic E-state index is -0.375. The third-order valence-corrected chi connectivity index (χ3v) is 3.82. The first-order valence-corrected chi connectivity index (χ1v) is 7.06. The fourth-order valence-corrected chi connectivity index (χ4v) is 2.76. The smallest absolute Gasteiger partial charge is 0.311 e. The number of nitrogen functional groups attached to an aromatic ring is 1. The van der Waals surface area contributed by atoms with Crippen LogP contribution in [0, 0.1) is 10.1 Å². The van der Waals surface area contributed by atoms with E-state index in [0.717, 1.165) is 38.6 Å². The molecule has 1 aromatic heterocycles. The zero-order valence-corrected chi connectivity index (χ0v) is 11.7. The molecule has 20 heavy (non-hydrogen) atoms. The fraction of sp³-hybridized carbons (Fsp3) is 0.615. The normalized spacial score (nSPS) is 19.5. The number of rotatable bonds is 4. The highest BCUT2D eigenvalue weighted by molar-refractivity contribution is 5.62.